The van der Waals surface area contributed by atoms with Crippen LogP contribution in [0.3, 0.4) is 0 Å². The molecular formula is C20H20Br4O4. The van der Waals surface area contributed by atoms with E-state index in [2.05, 4.69) is 88.0 Å². The molecule has 0 aliphatic heterocycles. The maximum atomic E-state index is 9.03. The second kappa shape index (κ2) is 9.79. The van der Waals surface area contributed by atoms with Gasteiger partial charge in [0.25, 0.3) is 0 Å². The van der Waals surface area contributed by atoms with Crippen LogP contribution in [0.5, 0.6) is 11.5 Å². The van der Waals surface area contributed by atoms with Crippen molar-refractivity contribution in [3.63, 3.8) is 0 Å². The monoisotopic (exact) mass is 640 g/mol. The molecule has 0 amide bonds. The number of benzene rings is 2. The lowest BCUT2D eigenvalue weighted by atomic mass is 9.60. The van der Waals surface area contributed by atoms with Gasteiger partial charge in [-0.1, -0.05) is 6.42 Å². The van der Waals surface area contributed by atoms with Crippen LogP contribution in [0, 0.1) is 0 Å². The number of hydrogen-bond donors (Lipinski definition) is 2. The summed E-state index contributed by atoms with van der Waals surface area (Å²) in [6.07, 6.45) is 3.27. The minimum Gasteiger partial charge on any atom is -0.489 e. The SMILES string of the molecule is OCCOc1c(Br)cc(C2(c3cc(Br)c(OCCO)c(Br)c3)CCC2)cc1Br. The van der Waals surface area contributed by atoms with Crippen molar-refractivity contribution >= 4 is 63.7 Å². The summed E-state index contributed by atoms with van der Waals surface area (Å²) < 4.78 is 14.7. The number of aliphatic hydroxyl groups excluding tert-OH is 2. The Bertz CT molecular complexity index is 741. The zero-order valence-corrected chi connectivity index (χ0v) is 21.3. The molecule has 2 aromatic carbocycles. The molecule has 0 radical (unpaired) electrons. The lowest BCUT2D eigenvalue weighted by Gasteiger charge is -2.43. The van der Waals surface area contributed by atoms with Crippen molar-refractivity contribution in [3.05, 3.63) is 53.3 Å². The predicted molar refractivity (Wildman–Crippen MR) is 123 cm³/mol. The second-order valence-electron chi connectivity index (χ2n) is 6.62. The van der Waals surface area contributed by atoms with Crippen molar-refractivity contribution in [2.45, 2.75) is 24.7 Å². The van der Waals surface area contributed by atoms with E-state index in [4.69, 9.17) is 19.7 Å². The van der Waals surface area contributed by atoms with Gasteiger partial charge in [0, 0.05) is 5.41 Å². The summed E-state index contributed by atoms with van der Waals surface area (Å²) in [7, 11) is 0. The second-order valence-corrected chi connectivity index (χ2v) is 10.0. The van der Waals surface area contributed by atoms with E-state index < -0.39 is 0 Å². The molecule has 0 heterocycles. The number of rotatable bonds is 8. The van der Waals surface area contributed by atoms with E-state index in [0.29, 0.717) is 11.5 Å². The molecule has 28 heavy (non-hydrogen) atoms. The molecule has 0 saturated heterocycles. The Kier molecular flexibility index (Phi) is 7.89. The molecule has 0 bridgehead atoms. The van der Waals surface area contributed by atoms with E-state index in [1.807, 2.05) is 0 Å². The fourth-order valence-electron chi connectivity index (χ4n) is 3.52. The van der Waals surface area contributed by atoms with Crippen molar-refractivity contribution in [2.24, 2.45) is 0 Å². The van der Waals surface area contributed by atoms with E-state index in [1.165, 1.54) is 11.1 Å². The maximum absolute atomic E-state index is 9.03. The van der Waals surface area contributed by atoms with Crippen LogP contribution in [-0.2, 0) is 5.41 Å². The van der Waals surface area contributed by atoms with Gasteiger partial charge in [-0.15, -0.1) is 0 Å². The van der Waals surface area contributed by atoms with Crippen LogP contribution in [0.15, 0.2) is 42.2 Å². The lowest BCUT2D eigenvalue weighted by Crippen LogP contribution is -2.35. The van der Waals surface area contributed by atoms with Gasteiger partial charge in [-0.3, -0.25) is 0 Å². The molecule has 0 atom stereocenters. The van der Waals surface area contributed by atoms with Gasteiger partial charge in [0.2, 0.25) is 0 Å². The van der Waals surface area contributed by atoms with Gasteiger partial charge in [0.15, 0.2) is 0 Å². The topological polar surface area (TPSA) is 58.9 Å². The zero-order chi connectivity index (χ0) is 20.3. The third kappa shape index (κ3) is 4.47. The van der Waals surface area contributed by atoms with Crippen LogP contribution in [0.4, 0.5) is 0 Å². The molecule has 1 fully saturated rings. The molecule has 4 nitrogen and oxygen atoms in total. The maximum Gasteiger partial charge on any atom is 0.147 e. The first-order chi connectivity index (χ1) is 13.4. The van der Waals surface area contributed by atoms with Crippen LogP contribution in [0.2, 0.25) is 0 Å². The molecule has 3 rings (SSSR count). The quantitative estimate of drug-likeness (QED) is 0.374. The smallest absolute Gasteiger partial charge is 0.147 e. The van der Waals surface area contributed by atoms with E-state index >= 15 is 0 Å². The zero-order valence-electron chi connectivity index (χ0n) is 15.0. The Labute approximate surface area is 198 Å². The van der Waals surface area contributed by atoms with Gasteiger partial charge in [-0.2, -0.15) is 0 Å². The van der Waals surface area contributed by atoms with E-state index in [0.717, 1.165) is 37.2 Å². The molecule has 1 aliphatic carbocycles. The molecular weight excluding hydrogens is 624 g/mol. The van der Waals surface area contributed by atoms with Gasteiger partial charge >= 0.3 is 0 Å². The number of hydrogen-bond acceptors (Lipinski definition) is 4. The normalized spacial score (nSPS) is 15.2. The van der Waals surface area contributed by atoms with Crippen molar-refractivity contribution in [1.29, 1.82) is 0 Å². The summed E-state index contributed by atoms with van der Waals surface area (Å²) in [5.74, 6) is 1.39. The molecule has 152 valence electrons. The Balaban J connectivity index is 2.01. The highest BCUT2D eigenvalue weighted by atomic mass is 79.9. The van der Waals surface area contributed by atoms with Crippen LogP contribution in [0.1, 0.15) is 30.4 Å². The fraction of sp³-hybridized carbons (Fsp3) is 0.400. The summed E-state index contributed by atoms with van der Waals surface area (Å²) in [6, 6.07) is 8.42. The molecule has 0 aromatic heterocycles. The fourth-order valence-corrected chi connectivity index (χ4v) is 6.35. The molecule has 1 aliphatic rings. The van der Waals surface area contributed by atoms with Crippen molar-refractivity contribution in [1.82, 2.24) is 0 Å². The Morgan fingerprint density at radius 3 is 1.32 bits per heavy atom. The molecule has 8 heteroatoms. The summed E-state index contributed by atoms with van der Waals surface area (Å²) in [5, 5.41) is 18.1. The Morgan fingerprint density at radius 2 is 1.07 bits per heavy atom. The van der Waals surface area contributed by atoms with E-state index in [9.17, 15) is 0 Å². The Hall–Kier alpha value is -0.120. The summed E-state index contributed by atoms with van der Waals surface area (Å²) in [6.45, 7) is 0.433. The van der Waals surface area contributed by atoms with E-state index in [-0.39, 0.29) is 31.8 Å². The first kappa shape index (κ1) is 22.6. The van der Waals surface area contributed by atoms with Gasteiger partial charge in [0.05, 0.1) is 31.1 Å². The lowest BCUT2D eigenvalue weighted by molar-refractivity contribution is 0.199. The summed E-state index contributed by atoms with van der Waals surface area (Å²) >= 11 is 14.5. The Morgan fingerprint density at radius 1 is 0.714 bits per heavy atom. The standard InChI is InChI=1S/C20H20Br4O4/c21-14-8-12(9-15(22)18(14)27-6-4-25)20(2-1-3-20)13-10-16(23)19(17(24)11-13)28-7-5-26/h8-11,25-26H,1-7H2. The summed E-state index contributed by atoms with van der Waals surface area (Å²) in [4.78, 5) is 0. The first-order valence-corrected chi connectivity index (χ1v) is 12.1. The van der Waals surface area contributed by atoms with Crippen molar-refractivity contribution < 1.29 is 19.7 Å². The van der Waals surface area contributed by atoms with Crippen molar-refractivity contribution in [3.8, 4) is 11.5 Å². The van der Waals surface area contributed by atoms with Crippen LogP contribution in [0.25, 0.3) is 0 Å². The average Bonchev–Trinajstić information content (AvgIpc) is 2.59. The minimum absolute atomic E-state index is 0.0304. The van der Waals surface area contributed by atoms with E-state index in [1.54, 1.807) is 0 Å². The van der Waals surface area contributed by atoms with Crippen LogP contribution in [-0.4, -0.2) is 36.6 Å². The largest absolute Gasteiger partial charge is 0.489 e. The highest BCUT2D eigenvalue weighted by Gasteiger charge is 2.41. The minimum atomic E-state index is -0.0822. The van der Waals surface area contributed by atoms with Gasteiger partial charge < -0.3 is 19.7 Å². The third-order valence-corrected chi connectivity index (χ3v) is 7.34. The van der Waals surface area contributed by atoms with Gasteiger partial charge in [-0.05, 0) is 112 Å². The molecule has 1 saturated carbocycles. The number of ether oxygens (including phenoxy) is 2. The highest BCUT2D eigenvalue weighted by molar-refractivity contribution is 9.11. The highest BCUT2D eigenvalue weighted by Crippen LogP contribution is 2.53. The molecule has 2 N–H and O–H groups in total. The van der Waals surface area contributed by atoms with Crippen molar-refractivity contribution in [2.75, 3.05) is 26.4 Å². The molecule has 2 aromatic rings. The van der Waals surface area contributed by atoms with Gasteiger partial charge in [-0.25, -0.2) is 0 Å². The summed E-state index contributed by atoms with van der Waals surface area (Å²) in [5.41, 5.74) is 2.33. The molecule has 0 spiro atoms. The van der Waals surface area contributed by atoms with Crippen LogP contribution >= 0.6 is 63.7 Å². The van der Waals surface area contributed by atoms with Gasteiger partial charge in [0.1, 0.15) is 24.7 Å². The van der Waals surface area contributed by atoms with Crippen LogP contribution < -0.4 is 9.47 Å². The number of halogens is 4. The number of aliphatic hydroxyl groups is 2. The first-order valence-electron chi connectivity index (χ1n) is 8.89. The third-order valence-electron chi connectivity index (χ3n) is 4.98. The average molecular weight is 644 g/mol. The molecule has 0 unspecified atom stereocenters. The predicted octanol–water partition coefficient (Wildman–Crippen LogP) is 5.95.